The van der Waals surface area contributed by atoms with E-state index in [1.165, 1.54) is 94.1 Å². The first-order valence-electron chi connectivity index (χ1n) is 22.8. The maximum atomic E-state index is 2.53. The summed E-state index contributed by atoms with van der Waals surface area (Å²) in [6.07, 6.45) is 4.29. The third kappa shape index (κ3) is 5.91. The summed E-state index contributed by atoms with van der Waals surface area (Å²) in [5, 5.41) is 6.37. The average Bonchev–Trinajstić information content (AvgIpc) is 3.97. The minimum atomic E-state index is 0.896. The van der Waals surface area contributed by atoms with E-state index in [2.05, 4.69) is 238 Å². The van der Waals surface area contributed by atoms with E-state index in [0.29, 0.717) is 0 Å². The van der Waals surface area contributed by atoms with Crippen LogP contribution >= 0.6 is 0 Å². The number of benzene rings is 8. The fraction of sp³-hybridized carbons (Fsp3) is 0.119. The van der Waals surface area contributed by atoms with E-state index in [1.54, 1.807) is 0 Å². The van der Waals surface area contributed by atoms with Gasteiger partial charge in [-0.15, -0.1) is 0 Å². The standard InChI is InChI=1S/C59H49N5/c1-4-60-54-26-16-13-23-47(54)49-36-43(28-32-56(49)60)62(41-19-8-6-9-20-41)44-30-34-58-51(37-44)52-39-46(31-35-59(52)64(58)42-21-10-7-11-22-42)63(53-25-15-12-18-40(53)3)45-29-33-57-50(38-45)48-24-14-17-27-55(48)61(57)5-2/h6-30,32-34,36-39H,4-5,31,35H2,1-3H3. The molecule has 0 N–H and O–H groups in total. The summed E-state index contributed by atoms with van der Waals surface area (Å²) in [7, 11) is 0. The molecule has 11 aromatic rings. The molecule has 0 amide bonds. The van der Waals surface area contributed by atoms with Crippen LogP contribution in [-0.2, 0) is 19.5 Å². The monoisotopic (exact) mass is 827 g/mol. The van der Waals surface area contributed by atoms with Crippen LogP contribution in [0, 0.1) is 6.92 Å². The van der Waals surface area contributed by atoms with Gasteiger partial charge in [0.25, 0.3) is 0 Å². The minimum absolute atomic E-state index is 0.896. The van der Waals surface area contributed by atoms with Crippen LogP contribution in [0.15, 0.2) is 194 Å². The Kier molecular flexibility index (Phi) is 9.04. The van der Waals surface area contributed by atoms with Gasteiger partial charge in [-0.25, -0.2) is 0 Å². The van der Waals surface area contributed by atoms with Gasteiger partial charge in [-0.1, -0.05) is 91.0 Å². The van der Waals surface area contributed by atoms with Gasteiger partial charge >= 0.3 is 0 Å². The number of allylic oxidation sites excluding steroid dienone is 1. The van der Waals surface area contributed by atoms with Crippen LogP contribution in [0.5, 0.6) is 0 Å². The molecule has 5 nitrogen and oxygen atoms in total. The number of nitrogens with zero attached hydrogens (tertiary/aromatic N) is 5. The highest BCUT2D eigenvalue weighted by atomic mass is 15.2. The second kappa shape index (κ2) is 15.2. The summed E-state index contributed by atoms with van der Waals surface area (Å²) in [6.45, 7) is 8.55. The zero-order valence-electron chi connectivity index (χ0n) is 36.5. The van der Waals surface area contributed by atoms with Crippen molar-refractivity contribution >= 4 is 89.0 Å². The Morgan fingerprint density at radius 3 is 1.53 bits per heavy atom. The lowest BCUT2D eigenvalue weighted by Gasteiger charge is -2.31. The summed E-state index contributed by atoms with van der Waals surface area (Å²) in [6, 6.07) is 69.4. The summed E-state index contributed by atoms with van der Waals surface area (Å²) >= 11 is 0. The van der Waals surface area contributed by atoms with Crippen molar-refractivity contribution in [3.8, 4) is 5.69 Å². The van der Waals surface area contributed by atoms with E-state index < -0.39 is 0 Å². The topological polar surface area (TPSA) is 21.3 Å². The zero-order valence-corrected chi connectivity index (χ0v) is 36.5. The molecule has 12 rings (SSSR count). The van der Waals surface area contributed by atoms with Crippen molar-refractivity contribution in [1.82, 2.24) is 13.7 Å². The maximum absolute atomic E-state index is 2.53. The van der Waals surface area contributed by atoms with Crippen LogP contribution in [0.25, 0.3) is 66.3 Å². The van der Waals surface area contributed by atoms with Gasteiger partial charge in [0.15, 0.2) is 0 Å². The largest absolute Gasteiger partial charge is 0.341 e. The van der Waals surface area contributed by atoms with Gasteiger partial charge in [0.05, 0.1) is 5.52 Å². The van der Waals surface area contributed by atoms with Crippen LogP contribution in [0.3, 0.4) is 0 Å². The van der Waals surface area contributed by atoms with Gasteiger partial charge in [0, 0.05) is 113 Å². The van der Waals surface area contributed by atoms with Gasteiger partial charge in [0.1, 0.15) is 0 Å². The number of fused-ring (bicyclic) bond motifs is 9. The number of rotatable bonds is 9. The van der Waals surface area contributed by atoms with Crippen molar-refractivity contribution in [2.45, 2.75) is 46.7 Å². The highest BCUT2D eigenvalue weighted by molar-refractivity contribution is 6.11. The molecule has 0 bridgehead atoms. The van der Waals surface area contributed by atoms with Gasteiger partial charge in [-0.2, -0.15) is 0 Å². The number of hydrogen-bond donors (Lipinski definition) is 0. The van der Waals surface area contributed by atoms with Gasteiger partial charge in [0.2, 0.25) is 0 Å². The third-order valence-corrected chi connectivity index (χ3v) is 13.6. The Morgan fingerprint density at radius 1 is 0.422 bits per heavy atom. The molecule has 310 valence electrons. The average molecular weight is 828 g/mol. The molecule has 3 aromatic heterocycles. The lowest BCUT2D eigenvalue weighted by molar-refractivity contribution is 0.826. The molecule has 0 fully saturated rings. The molecule has 1 aliphatic carbocycles. The van der Waals surface area contributed by atoms with E-state index in [4.69, 9.17) is 0 Å². The quantitative estimate of drug-likeness (QED) is 0.145. The van der Waals surface area contributed by atoms with Crippen molar-refractivity contribution in [1.29, 1.82) is 0 Å². The second-order valence-corrected chi connectivity index (χ2v) is 17.1. The molecule has 1 aliphatic rings. The fourth-order valence-electron chi connectivity index (χ4n) is 10.8. The number of anilines is 5. The Bertz CT molecular complexity index is 3600. The van der Waals surface area contributed by atoms with Crippen molar-refractivity contribution in [3.05, 3.63) is 211 Å². The number of hydrogen-bond acceptors (Lipinski definition) is 2. The highest BCUT2D eigenvalue weighted by Crippen LogP contribution is 2.45. The van der Waals surface area contributed by atoms with E-state index in [0.717, 1.165) is 43.0 Å². The normalized spacial score (nSPS) is 12.7. The van der Waals surface area contributed by atoms with Crippen molar-refractivity contribution < 1.29 is 0 Å². The van der Waals surface area contributed by atoms with Crippen LogP contribution in [-0.4, -0.2) is 13.7 Å². The summed E-state index contributed by atoms with van der Waals surface area (Å²) in [5.41, 5.74) is 18.4. The first-order chi connectivity index (χ1) is 31.6. The second-order valence-electron chi connectivity index (χ2n) is 17.1. The Balaban J connectivity index is 1.08. The van der Waals surface area contributed by atoms with Gasteiger partial charge in [-0.05, 0) is 142 Å². The molecule has 5 heteroatoms. The van der Waals surface area contributed by atoms with Gasteiger partial charge < -0.3 is 23.5 Å². The van der Waals surface area contributed by atoms with Crippen LogP contribution in [0.4, 0.5) is 28.4 Å². The fourth-order valence-corrected chi connectivity index (χ4v) is 10.8. The molecule has 64 heavy (non-hydrogen) atoms. The summed E-state index contributed by atoms with van der Waals surface area (Å²) in [4.78, 5) is 4.96. The number of para-hydroxylation sites is 5. The molecule has 0 aliphatic heterocycles. The molecule has 0 spiro atoms. The zero-order chi connectivity index (χ0) is 42.9. The summed E-state index contributed by atoms with van der Waals surface area (Å²) < 4.78 is 7.37. The van der Waals surface area contributed by atoms with Crippen LogP contribution in [0.2, 0.25) is 0 Å². The molecular weight excluding hydrogens is 779 g/mol. The summed E-state index contributed by atoms with van der Waals surface area (Å²) in [5.74, 6) is 0. The van der Waals surface area contributed by atoms with Crippen molar-refractivity contribution in [2.75, 3.05) is 9.80 Å². The molecule has 0 saturated carbocycles. The molecule has 3 heterocycles. The molecule has 8 aromatic carbocycles. The Labute approximate surface area is 373 Å². The van der Waals surface area contributed by atoms with E-state index in [-0.39, 0.29) is 0 Å². The van der Waals surface area contributed by atoms with Crippen molar-refractivity contribution in [3.63, 3.8) is 0 Å². The smallest absolute Gasteiger partial charge is 0.0539 e. The van der Waals surface area contributed by atoms with Crippen LogP contribution in [0.1, 0.15) is 37.1 Å². The van der Waals surface area contributed by atoms with E-state index >= 15 is 0 Å². The molecule has 0 atom stereocenters. The first-order valence-corrected chi connectivity index (χ1v) is 22.8. The lowest BCUT2D eigenvalue weighted by Crippen LogP contribution is -2.20. The highest BCUT2D eigenvalue weighted by Gasteiger charge is 2.27. The number of aryl methyl sites for hydroxylation is 3. The molecule has 0 unspecified atom stereocenters. The predicted octanol–water partition coefficient (Wildman–Crippen LogP) is 15.8. The van der Waals surface area contributed by atoms with E-state index in [9.17, 15) is 0 Å². The first kappa shape index (κ1) is 38.0. The van der Waals surface area contributed by atoms with E-state index in [1.807, 2.05) is 0 Å². The minimum Gasteiger partial charge on any atom is -0.341 e. The predicted molar refractivity (Wildman–Crippen MR) is 271 cm³/mol. The maximum Gasteiger partial charge on any atom is 0.0539 e. The Hall–Kier alpha value is -7.76. The van der Waals surface area contributed by atoms with Crippen LogP contribution < -0.4 is 9.80 Å². The molecule has 0 radical (unpaired) electrons. The van der Waals surface area contributed by atoms with Gasteiger partial charge in [-0.3, -0.25) is 0 Å². The SMILES string of the molecule is CCn1c2ccccc2c2cc(N(C3=Cc4c(n(-c5ccccc5)c5ccc(N(c6ccccc6)c6ccc7c(c6)c6ccccc6n7CC)cc45)CC3)c3ccccc3C)ccc21. The number of aromatic nitrogens is 3. The molecular formula is C59H49N5. The molecule has 0 saturated heterocycles. The lowest BCUT2D eigenvalue weighted by atomic mass is 9.97. The Morgan fingerprint density at radius 2 is 0.922 bits per heavy atom. The third-order valence-electron chi connectivity index (χ3n) is 13.6. The van der Waals surface area contributed by atoms with Crippen molar-refractivity contribution in [2.24, 2.45) is 0 Å².